The molecular weight excluding hydrogens is 316 g/mol. The van der Waals surface area contributed by atoms with Crippen LogP contribution in [0.3, 0.4) is 0 Å². The van der Waals surface area contributed by atoms with E-state index in [-0.39, 0.29) is 18.7 Å². The molecule has 0 aromatic heterocycles. The Hall–Kier alpha value is -1.46. The summed E-state index contributed by atoms with van der Waals surface area (Å²) in [7, 11) is 0. The maximum absolute atomic E-state index is 12.2. The number of carbonyl (C=O) groups excluding carboxylic acids is 1. The zero-order valence-corrected chi connectivity index (χ0v) is 14.2. The van der Waals surface area contributed by atoms with Gasteiger partial charge in [0, 0.05) is 25.1 Å². The normalized spacial score (nSPS) is 17.8. The summed E-state index contributed by atoms with van der Waals surface area (Å²) in [4.78, 5) is 12.2. The van der Waals surface area contributed by atoms with E-state index in [1.54, 1.807) is 6.07 Å². The lowest BCUT2D eigenvalue weighted by Gasteiger charge is -2.27. The molecule has 1 heterocycles. The molecule has 1 aromatic carbocycles. The molecule has 0 bridgehead atoms. The Bertz CT molecular complexity index is 519. The summed E-state index contributed by atoms with van der Waals surface area (Å²) in [5, 5.41) is 15.5. The lowest BCUT2D eigenvalue weighted by molar-refractivity contribution is 0.217. The van der Waals surface area contributed by atoms with E-state index in [2.05, 4.69) is 17.6 Å². The number of hydrogen-bond donors (Lipinski definition) is 3. The van der Waals surface area contributed by atoms with Crippen LogP contribution in [0.1, 0.15) is 44.2 Å². The molecule has 1 aromatic rings. The van der Waals surface area contributed by atoms with E-state index in [1.807, 2.05) is 12.1 Å². The fraction of sp³-hybridized carbons (Fsp3) is 0.588. The minimum absolute atomic E-state index is 0.0973. The van der Waals surface area contributed by atoms with Gasteiger partial charge >= 0.3 is 6.03 Å². The van der Waals surface area contributed by atoms with Crippen molar-refractivity contribution in [3.63, 3.8) is 0 Å². The summed E-state index contributed by atoms with van der Waals surface area (Å²) in [6, 6.07) is 5.28. The standard InChI is InChI=1S/C17H25ClN2O3/c1-2-4-12(7-9-21)11-19-17(22)20-15-8-10-23-16-13(15)5-3-6-14(16)18/h3,5-6,12,15,21H,2,4,7-11H2,1H3,(H2,19,20,22). The lowest BCUT2D eigenvalue weighted by atomic mass is 10.00. The Morgan fingerprint density at radius 2 is 2.30 bits per heavy atom. The van der Waals surface area contributed by atoms with E-state index in [4.69, 9.17) is 21.4 Å². The Morgan fingerprint density at radius 1 is 1.48 bits per heavy atom. The van der Waals surface area contributed by atoms with Gasteiger partial charge in [-0.1, -0.05) is 37.1 Å². The monoisotopic (exact) mass is 340 g/mol. The van der Waals surface area contributed by atoms with Gasteiger partial charge < -0.3 is 20.5 Å². The average molecular weight is 341 g/mol. The third-order valence-electron chi connectivity index (χ3n) is 4.12. The van der Waals surface area contributed by atoms with Crippen LogP contribution < -0.4 is 15.4 Å². The van der Waals surface area contributed by atoms with Crippen LogP contribution in [0, 0.1) is 5.92 Å². The van der Waals surface area contributed by atoms with E-state index in [9.17, 15) is 4.79 Å². The molecule has 5 nitrogen and oxygen atoms in total. The third-order valence-corrected chi connectivity index (χ3v) is 4.41. The first-order chi connectivity index (χ1) is 11.2. The molecule has 2 amide bonds. The molecule has 0 saturated carbocycles. The number of ether oxygens (including phenoxy) is 1. The van der Waals surface area contributed by atoms with E-state index < -0.39 is 0 Å². The SMILES string of the molecule is CCCC(CCO)CNC(=O)NC1CCOc2c(Cl)cccc21. The predicted octanol–water partition coefficient (Wildman–Crippen LogP) is 3.26. The number of para-hydroxylation sites is 1. The van der Waals surface area contributed by atoms with Gasteiger partial charge in [-0.25, -0.2) is 4.79 Å². The summed E-state index contributed by atoms with van der Waals surface area (Å²) < 4.78 is 5.60. The highest BCUT2D eigenvalue weighted by molar-refractivity contribution is 6.32. The number of halogens is 1. The molecule has 0 radical (unpaired) electrons. The van der Waals surface area contributed by atoms with Gasteiger partial charge in [0.25, 0.3) is 0 Å². The molecule has 1 aliphatic rings. The highest BCUT2D eigenvalue weighted by Crippen LogP contribution is 2.37. The Morgan fingerprint density at radius 3 is 3.04 bits per heavy atom. The van der Waals surface area contributed by atoms with Crippen molar-refractivity contribution in [2.24, 2.45) is 5.92 Å². The third kappa shape index (κ3) is 5.01. The first kappa shape index (κ1) is 17.9. The molecule has 0 aliphatic carbocycles. The number of nitrogens with one attached hydrogen (secondary N) is 2. The second-order valence-corrected chi connectivity index (χ2v) is 6.28. The number of urea groups is 1. The van der Waals surface area contributed by atoms with Crippen molar-refractivity contribution in [1.82, 2.24) is 10.6 Å². The van der Waals surface area contributed by atoms with Gasteiger partial charge in [0.2, 0.25) is 0 Å². The van der Waals surface area contributed by atoms with Crippen molar-refractivity contribution in [1.29, 1.82) is 0 Å². The fourth-order valence-corrected chi connectivity index (χ4v) is 3.16. The lowest BCUT2D eigenvalue weighted by Crippen LogP contribution is -2.41. The molecule has 0 saturated heterocycles. The number of amides is 2. The maximum atomic E-state index is 12.2. The van der Waals surface area contributed by atoms with Crippen molar-refractivity contribution in [3.8, 4) is 5.75 Å². The van der Waals surface area contributed by atoms with E-state index in [0.29, 0.717) is 36.3 Å². The molecule has 128 valence electrons. The molecule has 3 N–H and O–H groups in total. The summed E-state index contributed by atoms with van der Waals surface area (Å²) in [5.74, 6) is 0.974. The van der Waals surface area contributed by atoms with Crippen LogP contribution in [0.2, 0.25) is 5.02 Å². The van der Waals surface area contributed by atoms with Gasteiger partial charge in [-0.05, 0) is 24.8 Å². The van der Waals surface area contributed by atoms with E-state index >= 15 is 0 Å². The number of carbonyl (C=O) groups is 1. The number of fused-ring (bicyclic) bond motifs is 1. The smallest absolute Gasteiger partial charge is 0.315 e. The van der Waals surface area contributed by atoms with Gasteiger partial charge in [-0.2, -0.15) is 0 Å². The first-order valence-corrected chi connectivity index (χ1v) is 8.60. The minimum Gasteiger partial charge on any atom is -0.492 e. The highest BCUT2D eigenvalue weighted by atomic mass is 35.5. The molecule has 1 aliphatic heterocycles. The van der Waals surface area contributed by atoms with Crippen LogP contribution in [0.25, 0.3) is 0 Å². The predicted molar refractivity (Wildman–Crippen MR) is 90.9 cm³/mol. The molecule has 2 rings (SSSR count). The van der Waals surface area contributed by atoms with Crippen molar-refractivity contribution in [3.05, 3.63) is 28.8 Å². The number of rotatable bonds is 7. The van der Waals surface area contributed by atoms with Crippen LogP contribution >= 0.6 is 11.6 Å². The minimum atomic E-state index is -0.193. The molecule has 23 heavy (non-hydrogen) atoms. The van der Waals surface area contributed by atoms with Crippen LogP contribution in [0.4, 0.5) is 4.79 Å². The number of hydrogen-bond acceptors (Lipinski definition) is 3. The molecule has 2 atom stereocenters. The first-order valence-electron chi connectivity index (χ1n) is 8.22. The topological polar surface area (TPSA) is 70.6 Å². The Labute approximate surface area is 142 Å². The van der Waals surface area contributed by atoms with Crippen molar-refractivity contribution in [2.75, 3.05) is 19.8 Å². The second-order valence-electron chi connectivity index (χ2n) is 5.87. The van der Waals surface area contributed by atoms with Crippen molar-refractivity contribution < 1.29 is 14.6 Å². The number of aliphatic hydroxyl groups excluding tert-OH is 1. The summed E-state index contributed by atoms with van der Waals surface area (Å²) in [6.45, 7) is 3.36. The van der Waals surface area contributed by atoms with Crippen molar-refractivity contribution >= 4 is 17.6 Å². The molecule has 2 unspecified atom stereocenters. The molecule has 0 spiro atoms. The Kier molecular flexibility index (Phi) is 6.99. The molecular formula is C17H25ClN2O3. The quantitative estimate of drug-likeness (QED) is 0.713. The summed E-state index contributed by atoms with van der Waals surface area (Å²) in [6.07, 6.45) is 3.47. The van der Waals surface area contributed by atoms with Gasteiger partial charge in [0.15, 0.2) is 0 Å². The van der Waals surface area contributed by atoms with Crippen molar-refractivity contribution in [2.45, 2.75) is 38.6 Å². The Balaban J connectivity index is 1.90. The van der Waals surface area contributed by atoms with Gasteiger partial charge in [-0.3, -0.25) is 0 Å². The zero-order valence-electron chi connectivity index (χ0n) is 13.5. The van der Waals surface area contributed by atoms with E-state index in [0.717, 1.165) is 24.8 Å². The van der Waals surface area contributed by atoms with Crippen LogP contribution in [0.5, 0.6) is 5.75 Å². The van der Waals surface area contributed by atoms with Gasteiger partial charge in [0.1, 0.15) is 5.75 Å². The highest BCUT2D eigenvalue weighted by Gasteiger charge is 2.24. The summed E-state index contributed by atoms with van der Waals surface area (Å²) >= 11 is 6.14. The van der Waals surface area contributed by atoms with Crippen LogP contribution in [-0.2, 0) is 0 Å². The second kappa shape index (κ2) is 8.99. The van der Waals surface area contributed by atoms with Gasteiger partial charge in [0.05, 0.1) is 17.7 Å². The molecule has 0 fully saturated rings. The van der Waals surface area contributed by atoms with E-state index in [1.165, 1.54) is 0 Å². The zero-order chi connectivity index (χ0) is 16.7. The maximum Gasteiger partial charge on any atom is 0.315 e. The van der Waals surface area contributed by atoms with Gasteiger partial charge in [-0.15, -0.1) is 0 Å². The average Bonchev–Trinajstić information content (AvgIpc) is 2.54. The van der Waals surface area contributed by atoms with Crippen LogP contribution in [0.15, 0.2) is 18.2 Å². The number of aliphatic hydroxyl groups is 1. The largest absolute Gasteiger partial charge is 0.492 e. The summed E-state index contributed by atoms with van der Waals surface area (Å²) in [5.41, 5.74) is 0.916. The van der Waals surface area contributed by atoms with Crippen LogP contribution in [-0.4, -0.2) is 30.9 Å². The molecule has 6 heteroatoms. The number of benzene rings is 1. The fourth-order valence-electron chi connectivity index (χ4n) is 2.92.